The molecule has 2 aromatic carbocycles. The van der Waals surface area contributed by atoms with E-state index in [0.29, 0.717) is 17.7 Å². The number of halogens is 2. The van der Waals surface area contributed by atoms with E-state index in [1.807, 2.05) is 0 Å². The van der Waals surface area contributed by atoms with Gasteiger partial charge >= 0.3 is 0 Å². The van der Waals surface area contributed by atoms with Crippen LogP contribution < -0.4 is 4.90 Å². The highest BCUT2D eigenvalue weighted by atomic mass is 19.1. The molecule has 2 aromatic rings. The van der Waals surface area contributed by atoms with Gasteiger partial charge in [0, 0.05) is 12.7 Å². The van der Waals surface area contributed by atoms with Gasteiger partial charge in [0.25, 0.3) is 0 Å². The molecule has 92 valence electrons. The summed E-state index contributed by atoms with van der Waals surface area (Å²) in [4.78, 5) is 12.5. The fraction of sp³-hybridized carbons (Fsp3) is 0.0714. The monoisotopic (exact) mass is 247 g/mol. The summed E-state index contributed by atoms with van der Waals surface area (Å²) in [6.45, 7) is 0. The maximum Gasteiger partial charge on any atom is 0.155 e. The minimum atomic E-state index is -0.573. The lowest BCUT2D eigenvalue weighted by molar-refractivity contribution is 0.112. The van der Waals surface area contributed by atoms with Crippen LogP contribution >= 0.6 is 0 Å². The Morgan fingerprint density at radius 2 is 1.72 bits per heavy atom. The first-order chi connectivity index (χ1) is 8.63. The maximum atomic E-state index is 13.5. The van der Waals surface area contributed by atoms with E-state index in [1.54, 1.807) is 30.1 Å². The molecule has 0 heterocycles. The van der Waals surface area contributed by atoms with Crippen molar-refractivity contribution in [1.82, 2.24) is 0 Å². The molecule has 0 aromatic heterocycles. The number of carbonyl (C=O) groups excluding carboxylic acids is 1. The maximum absolute atomic E-state index is 13.5. The Hall–Kier alpha value is -2.23. The van der Waals surface area contributed by atoms with E-state index in [-0.39, 0.29) is 11.4 Å². The topological polar surface area (TPSA) is 20.3 Å². The molecule has 0 aliphatic heterocycles. The Labute approximate surface area is 103 Å². The number of rotatable bonds is 3. The molecule has 0 amide bonds. The Kier molecular flexibility index (Phi) is 3.37. The molecule has 0 aliphatic carbocycles. The predicted molar refractivity (Wildman–Crippen MR) is 66.3 cm³/mol. The quantitative estimate of drug-likeness (QED) is 0.773. The SMILES string of the molecule is CN(c1ccc(F)cc1)c1cccc(F)c1C=O. The number of aldehydes is 1. The van der Waals surface area contributed by atoms with E-state index in [1.165, 1.54) is 24.3 Å². The Morgan fingerprint density at radius 3 is 2.33 bits per heavy atom. The lowest BCUT2D eigenvalue weighted by Crippen LogP contribution is -2.12. The standard InChI is InChI=1S/C14H11F2NO/c1-17(11-7-5-10(15)6-8-11)14-4-2-3-13(16)12(14)9-18/h2-9H,1H3. The molecule has 18 heavy (non-hydrogen) atoms. The van der Waals surface area contributed by atoms with Gasteiger partial charge in [-0.1, -0.05) is 6.07 Å². The summed E-state index contributed by atoms with van der Waals surface area (Å²) in [7, 11) is 1.69. The van der Waals surface area contributed by atoms with Crippen molar-refractivity contribution < 1.29 is 13.6 Å². The van der Waals surface area contributed by atoms with E-state index in [0.717, 1.165) is 0 Å². The predicted octanol–water partition coefficient (Wildman–Crippen LogP) is 3.55. The van der Waals surface area contributed by atoms with Gasteiger partial charge < -0.3 is 4.90 Å². The van der Waals surface area contributed by atoms with Gasteiger partial charge in [0.2, 0.25) is 0 Å². The van der Waals surface area contributed by atoms with Crippen LogP contribution in [0.25, 0.3) is 0 Å². The first kappa shape index (κ1) is 12.2. The fourth-order valence-corrected chi connectivity index (χ4v) is 1.74. The minimum Gasteiger partial charge on any atom is -0.344 e. The third-order valence-electron chi connectivity index (χ3n) is 2.72. The number of anilines is 2. The number of carbonyl (C=O) groups is 1. The summed E-state index contributed by atoms with van der Waals surface area (Å²) >= 11 is 0. The molecule has 0 fully saturated rings. The summed E-state index contributed by atoms with van der Waals surface area (Å²) in [5.74, 6) is -0.918. The van der Waals surface area contributed by atoms with Gasteiger partial charge in [-0.3, -0.25) is 4.79 Å². The highest BCUT2D eigenvalue weighted by molar-refractivity contribution is 5.86. The summed E-state index contributed by atoms with van der Waals surface area (Å²) in [6.07, 6.45) is 0.477. The minimum absolute atomic E-state index is 0.00988. The fourth-order valence-electron chi connectivity index (χ4n) is 1.74. The van der Waals surface area contributed by atoms with Crippen LogP contribution in [0.3, 0.4) is 0 Å². The Bertz CT molecular complexity index is 567. The van der Waals surface area contributed by atoms with Crippen molar-refractivity contribution in [1.29, 1.82) is 0 Å². The Morgan fingerprint density at radius 1 is 1.06 bits per heavy atom. The van der Waals surface area contributed by atoms with Crippen LogP contribution in [0, 0.1) is 11.6 Å². The van der Waals surface area contributed by atoms with Crippen molar-refractivity contribution in [3.05, 3.63) is 59.7 Å². The molecule has 0 spiro atoms. The van der Waals surface area contributed by atoms with Crippen LogP contribution in [0.1, 0.15) is 10.4 Å². The van der Waals surface area contributed by atoms with Gasteiger partial charge in [0.15, 0.2) is 6.29 Å². The number of hydrogen-bond acceptors (Lipinski definition) is 2. The lowest BCUT2D eigenvalue weighted by atomic mass is 10.1. The van der Waals surface area contributed by atoms with E-state index in [9.17, 15) is 13.6 Å². The zero-order chi connectivity index (χ0) is 13.1. The average molecular weight is 247 g/mol. The zero-order valence-corrected chi connectivity index (χ0v) is 9.73. The molecule has 0 unspecified atom stereocenters. The highest BCUT2D eigenvalue weighted by Crippen LogP contribution is 2.27. The third-order valence-corrected chi connectivity index (χ3v) is 2.72. The second kappa shape index (κ2) is 4.96. The van der Waals surface area contributed by atoms with Crippen molar-refractivity contribution >= 4 is 17.7 Å². The largest absolute Gasteiger partial charge is 0.344 e. The van der Waals surface area contributed by atoms with E-state index in [4.69, 9.17) is 0 Å². The molecule has 2 nitrogen and oxygen atoms in total. The molecule has 0 atom stereocenters. The molecule has 0 bridgehead atoms. The third kappa shape index (κ3) is 2.22. The molecule has 0 saturated carbocycles. The number of benzene rings is 2. The van der Waals surface area contributed by atoms with Crippen LogP contribution in [0.2, 0.25) is 0 Å². The van der Waals surface area contributed by atoms with Gasteiger partial charge in [0.1, 0.15) is 11.6 Å². The van der Waals surface area contributed by atoms with E-state index < -0.39 is 5.82 Å². The van der Waals surface area contributed by atoms with Gasteiger partial charge in [-0.25, -0.2) is 8.78 Å². The van der Waals surface area contributed by atoms with Crippen LogP contribution in [0.5, 0.6) is 0 Å². The number of hydrogen-bond donors (Lipinski definition) is 0. The normalized spacial score (nSPS) is 10.2. The number of nitrogens with zero attached hydrogens (tertiary/aromatic N) is 1. The van der Waals surface area contributed by atoms with Gasteiger partial charge in [-0.05, 0) is 36.4 Å². The summed E-state index contributed by atoms with van der Waals surface area (Å²) < 4.78 is 26.3. The van der Waals surface area contributed by atoms with Crippen LogP contribution in [0.4, 0.5) is 20.2 Å². The first-order valence-electron chi connectivity index (χ1n) is 5.36. The van der Waals surface area contributed by atoms with Gasteiger partial charge in [-0.15, -0.1) is 0 Å². The second-order valence-corrected chi connectivity index (χ2v) is 3.83. The van der Waals surface area contributed by atoms with Crippen molar-refractivity contribution in [2.24, 2.45) is 0 Å². The molecule has 2 rings (SSSR count). The van der Waals surface area contributed by atoms with Crippen LogP contribution in [0.15, 0.2) is 42.5 Å². The van der Waals surface area contributed by atoms with Crippen molar-refractivity contribution in [2.75, 3.05) is 11.9 Å². The van der Waals surface area contributed by atoms with E-state index in [2.05, 4.69) is 0 Å². The summed E-state index contributed by atoms with van der Waals surface area (Å²) in [5, 5.41) is 0. The van der Waals surface area contributed by atoms with Crippen molar-refractivity contribution in [3.63, 3.8) is 0 Å². The van der Waals surface area contributed by atoms with Crippen LogP contribution in [-0.2, 0) is 0 Å². The Balaban J connectivity index is 2.45. The molecular weight excluding hydrogens is 236 g/mol. The van der Waals surface area contributed by atoms with Crippen molar-refractivity contribution in [3.8, 4) is 0 Å². The summed E-state index contributed by atoms with van der Waals surface area (Å²) in [6, 6.07) is 10.1. The molecule has 4 heteroatoms. The first-order valence-corrected chi connectivity index (χ1v) is 5.36. The summed E-state index contributed by atoms with van der Waals surface area (Å²) in [5.41, 5.74) is 1.10. The van der Waals surface area contributed by atoms with Crippen LogP contribution in [-0.4, -0.2) is 13.3 Å². The molecule has 0 N–H and O–H groups in total. The molecule has 0 radical (unpaired) electrons. The van der Waals surface area contributed by atoms with Gasteiger partial charge in [-0.2, -0.15) is 0 Å². The van der Waals surface area contributed by atoms with E-state index >= 15 is 0 Å². The second-order valence-electron chi connectivity index (χ2n) is 3.83. The van der Waals surface area contributed by atoms with Crippen molar-refractivity contribution in [2.45, 2.75) is 0 Å². The lowest BCUT2D eigenvalue weighted by Gasteiger charge is -2.21. The molecular formula is C14H11F2NO. The molecule has 0 aliphatic rings. The highest BCUT2D eigenvalue weighted by Gasteiger charge is 2.12. The zero-order valence-electron chi connectivity index (χ0n) is 9.73. The smallest absolute Gasteiger partial charge is 0.155 e. The van der Waals surface area contributed by atoms with Gasteiger partial charge in [0.05, 0.1) is 11.3 Å². The average Bonchev–Trinajstić information content (AvgIpc) is 2.38. The molecule has 0 saturated heterocycles.